The summed E-state index contributed by atoms with van der Waals surface area (Å²) in [6.45, 7) is 4.28. The minimum Gasteiger partial charge on any atom is -0.385 e. The Morgan fingerprint density at radius 2 is 2.10 bits per heavy atom. The second-order valence-electron chi connectivity index (χ2n) is 6.12. The molecule has 0 saturated heterocycles. The molecule has 0 radical (unpaired) electrons. The Morgan fingerprint density at radius 3 is 2.76 bits per heavy atom. The zero-order valence-corrected chi connectivity index (χ0v) is 13.5. The quantitative estimate of drug-likeness (QED) is 0.886. The van der Waals surface area contributed by atoms with Crippen molar-refractivity contribution >= 4 is 21.4 Å². The molecule has 0 bridgehead atoms. The SMILES string of the molecule is CC(C)(CNC(=O)c1ccc2c(c1)CCCN2)S(C)(=O)=O. The third kappa shape index (κ3) is 3.56. The average Bonchev–Trinajstić information content (AvgIpc) is 2.43. The lowest BCUT2D eigenvalue weighted by molar-refractivity contribution is 0.0950. The molecule has 1 aliphatic heterocycles. The van der Waals surface area contributed by atoms with Gasteiger partial charge in [-0.05, 0) is 50.5 Å². The molecule has 1 amide bonds. The number of carbonyl (C=O) groups excluding carboxylic acids is 1. The van der Waals surface area contributed by atoms with Crippen molar-refractivity contribution in [2.24, 2.45) is 0 Å². The molecule has 2 rings (SSSR count). The van der Waals surface area contributed by atoms with Gasteiger partial charge in [-0.2, -0.15) is 0 Å². The number of rotatable bonds is 4. The second kappa shape index (κ2) is 5.67. The third-order valence-corrected chi connectivity index (χ3v) is 6.14. The Hall–Kier alpha value is -1.56. The Kier molecular flexibility index (Phi) is 4.27. The van der Waals surface area contributed by atoms with Gasteiger partial charge >= 0.3 is 0 Å². The highest BCUT2D eigenvalue weighted by Gasteiger charge is 2.30. The third-order valence-electron chi connectivity index (χ3n) is 3.98. The smallest absolute Gasteiger partial charge is 0.251 e. The Bertz CT molecular complexity index is 651. The number of nitrogens with one attached hydrogen (secondary N) is 2. The number of anilines is 1. The molecule has 5 nitrogen and oxygen atoms in total. The molecular weight excluding hydrogens is 288 g/mol. The monoisotopic (exact) mass is 310 g/mol. The van der Waals surface area contributed by atoms with E-state index >= 15 is 0 Å². The van der Waals surface area contributed by atoms with E-state index in [-0.39, 0.29) is 12.5 Å². The molecule has 21 heavy (non-hydrogen) atoms. The van der Waals surface area contributed by atoms with E-state index in [9.17, 15) is 13.2 Å². The molecule has 0 saturated carbocycles. The number of benzene rings is 1. The van der Waals surface area contributed by atoms with Crippen molar-refractivity contribution in [2.75, 3.05) is 24.7 Å². The van der Waals surface area contributed by atoms with Crippen LogP contribution in [0.4, 0.5) is 5.69 Å². The zero-order valence-electron chi connectivity index (χ0n) is 12.7. The molecule has 1 aromatic carbocycles. The fraction of sp³-hybridized carbons (Fsp3) is 0.533. The zero-order chi connectivity index (χ0) is 15.7. The van der Waals surface area contributed by atoms with Crippen molar-refractivity contribution in [3.05, 3.63) is 29.3 Å². The molecule has 0 aliphatic carbocycles. The summed E-state index contributed by atoms with van der Waals surface area (Å²) in [5, 5.41) is 6.01. The van der Waals surface area contributed by atoms with E-state index in [1.807, 2.05) is 12.1 Å². The number of amides is 1. The first-order valence-corrected chi connectivity index (χ1v) is 8.94. The van der Waals surface area contributed by atoms with Gasteiger partial charge in [0.1, 0.15) is 0 Å². The first-order valence-electron chi connectivity index (χ1n) is 7.05. The van der Waals surface area contributed by atoms with Crippen LogP contribution in [-0.2, 0) is 16.3 Å². The van der Waals surface area contributed by atoms with Gasteiger partial charge in [0.05, 0.1) is 4.75 Å². The molecule has 116 valence electrons. The van der Waals surface area contributed by atoms with Gasteiger partial charge in [0.15, 0.2) is 9.84 Å². The van der Waals surface area contributed by atoms with Gasteiger partial charge in [0.2, 0.25) is 0 Å². The standard InChI is InChI=1S/C15H22N2O3S/c1-15(2,21(3,19)20)10-17-14(18)12-6-7-13-11(9-12)5-4-8-16-13/h6-7,9,16H,4-5,8,10H2,1-3H3,(H,17,18). The van der Waals surface area contributed by atoms with Crippen LogP contribution >= 0.6 is 0 Å². The molecule has 0 fully saturated rings. The highest BCUT2D eigenvalue weighted by atomic mass is 32.2. The molecule has 6 heteroatoms. The highest BCUT2D eigenvalue weighted by molar-refractivity contribution is 7.92. The van der Waals surface area contributed by atoms with E-state index in [1.54, 1.807) is 19.9 Å². The predicted molar refractivity (Wildman–Crippen MR) is 84.5 cm³/mol. The second-order valence-corrected chi connectivity index (χ2v) is 8.77. The minimum absolute atomic E-state index is 0.0972. The van der Waals surface area contributed by atoms with E-state index in [1.165, 1.54) is 6.26 Å². The minimum atomic E-state index is -3.22. The predicted octanol–water partition coefficient (Wildman–Crippen LogP) is 1.60. The Balaban J connectivity index is 2.08. The van der Waals surface area contributed by atoms with Crippen LogP contribution in [0, 0.1) is 0 Å². The first kappa shape index (κ1) is 15.8. The van der Waals surface area contributed by atoms with Gasteiger partial charge in [-0.1, -0.05) is 0 Å². The van der Waals surface area contributed by atoms with Crippen LogP contribution in [0.1, 0.15) is 36.2 Å². The summed E-state index contributed by atoms with van der Waals surface area (Å²) >= 11 is 0. The van der Waals surface area contributed by atoms with Gasteiger partial charge in [-0.25, -0.2) is 8.42 Å². The van der Waals surface area contributed by atoms with Crippen molar-refractivity contribution in [3.8, 4) is 0 Å². The van der Waals surface area contributed by atoms with Crippen molar-refractivity contribution in [3.63, 3.8) is 0 Å². The maximum absolute atomic E-state index is 12.2. The van der Waals surface area contributed by atoms with Crippen molar-refractivity contribution < 1.29 is 13.2 Å². The largest absolute Gasteiger partial charge is 0.385 e. The number of hydrogen-bond acceptors (Lipinski definition) is 4. The summed E-state index contributed by atoms with van der Waals surface area (Å²) in [5.41, 5.74) is 2.78. The normalized spacial score (nSPS) is 15.0. The number of hydrogen-bond donors (Lipinski definition) is 2. The fourth-order valence-corrected chi connectivity index (χ4v) is 2.48. The summed E-state index contributed by atoms with van der Waals surface area (Å²) in [6, 6.07) is 5.55. The molecule has 1 aliphatic rings. The molecule has 0 aromatic heterocycles. The molecule has 0 atom stereocenters. The van der Waals surface area contributed by atoms with Crippen LogP contribution in [0.3, 0.4) is 0 Å². The van der Waals surface area contributed by atoms with E-state index in [0.29, 0.717) is 5.56 Å². The highest BCUT2D eigenvalue weighted by Crippen LogP contribution is 2.23. The first-order chi connectivity index (χ1) is 9.71. The van der Waals surface area contributed by atoms with E-state index < -0.39 is 14.6 Å². The van der Waals surface area contributed by atoms with Crippen LogP contribution in [0.5, 0.6) is 0 Å². The number of carbonyl (C=O) groups is 1. The van der Waals surface area contributed by atoms with E-state index in [4.69, 9.17) is 0 Å². The van der Waals surface area contributed by atoms with Crippen LogP contribution in [0.2, 0.25) is 0 Å². The summed E-state index contributed by atoms with van der Waals surface area (Å²) < 4.78 is 22.3. The molecule has 1 heterocycles. The summed E-state index contributed by atoms with van der Waals surface area (Å²) in [4.78, 5) is 12.2. The van der Waals surface area contributed by atoms with Crippen LogP contribution in [0.25, 0.3) is 0 Å². The number of fused-ring (bicyclic) bond motifs is 1. The van der Waals surface area contributed by atoms with Crippen molar-refractivity contribution in [1.29, 1.82) is 0 Å². The molecule has 0 unspecified atom stereocenters. The lowest BCUT2D eigenvalue weighted by Crippen LogP contribution is -2.43. The number of sulfone groups is 1. The van der Waals surface area contributed by atoms with Crippen molar-refractivity contribution in [2.45, 2.75) is 31.4 Å². The summed E-state index contributed by atoms with van der Waals surface area (Å²) in [6.07, 6.45) is 3.20. The lowest BCUT2D eigenvalue weighted by atomic mass is 10.0. The fourth-order valence-electron chi connectivity index (χ4n) is 2.14. The number of aryl methyl sites for hydroxylation is 1. The maximum Gasteiger partial charge on any atom is 0.251 e. The topological polar surface area (TPSA) is 75.3 Å². The summed E-state index contributed by atoms with van der Waals surface area (Å²) in [7, 11) is -3.22. The molecule has 0 spiro atoms. The molecule has 1 aromatic rings. The lowest BCUT2D eigenvalue weighted by Gasteiger charge is -2.23. The Morgan fingerprint density at radius 1 is 1.38 bits per heavy atom. The van der Waals surface area contributed by atoms with Gasteiger partial charge in [-0.15, -0.1) is 0 Å². The van der Waals surface area contributed by atoms with Crippen molar-refractivity contribution in [1.82, 2.24) is 5.32 Å². The van der Waals surface area contributed by atoms with E-state index in [0.717, 1.165) is 30.6 Å². The molecular formula is C15H22N2O3S. The van der Waals surface area contributed by atoms with Gasteiger partial charge in [-0.3, -0.25) is 4.79 Å². The van der Waals surface area contributed by atoms with Gasteiger partial charge in [0.25, 0.3) is 5.91 Å². The van der Waals surface area contributed by atoms with E-state index in [2.05, 4.69) is 10.6 Å². The average molecular weight is 310 g/mol. The molecule has 2 N–H and O–H groups in total. The van der Waals surface area contributed by atoms with Gasteiger partial charge in [0, 0.05) is 30.6 Å². The maximum atomic E-state index is 12.2. The Labute approximate surface area is 126 Å². The summed E-state index contributed by atoms with van der Waals surface area (Å²) in [5.74, 6) is -0.236. The van der Waals surface area contributed by atoms with Gasteiger partial charge < -0.3 is 10.6 Å². The van der Waals surface area contributed by atoms with Crippen LogP contribution in [-0.4, -0.2) is 38.4 Å². The van der Waals surface area contributed by atoms with Crippen LogP contribution in [0.15, 0.2) is 18.2 Å². The van der Waals surface area contributed by atoms with Crippen LogP contribution < -0.4 is 10.6 Å².